The molecule has 0 spiro atoms. The van der Waals surface area contributed by atoms with Crippen molar-refractivity contribution in [3.05, 3.63) is 64.5 Å². The second kappa shape index (κ2) is 9.52. The molecule has 5 rings (SSSR count). The van der Waals surface area contributed by atoms with Gasteiger partial charge in [-0.1, -0.05) is 12.1 Å². The fourth-order valence-corrected chi connectivity index (χ4v) is 3.76. The molecule has 1 unspecified atom stereocenters. The third-order valence-electron chi connectivity index (χ3n) is 5.36. The first-order valence-corrected chi connectivity index (χ1v) is 10.1. The van der Waals surface area contributed by atoms with Gasteiger partial charge in [-0.25, -0.2) is 4.39 Å². The van der Waals surface area contributed by atoms with Crippen molar-refractivity contribution >= 4 is 23.4 Å². The van der Waals surface area contributed by atoms with E-state index in [1.807, 2.05) is 0 Å². The largest absolute Gasteiger partial charge is 0.381 e. The number of carbonyl (C=O) groups is 3. The number of hydrogen-bond donors (Lipinski definition) is 2. The lowest BCUT2D eigenvalue weighted by Gasteiger charge is -2.29. The lowest BCUT2D eigenvalue weighted by molar-refractivity contribution is -0.136. The molecule has 8 nitrogen and oxygen atoms in total. The van der Waals surface area contributed by atoms with Crippen molar-refractivity contribution in [1.82, 2.24) is 15.1 Å². The number of rotatable bonds is 6. The van der Waals surface area contributed by atoms with Crippen LogP contribution in [-0.2, 0) is 34.0 Å². The average molecular weight is 480 g/mol. The van der Waals surface area contributed by atoms with Gasteiger partial charge in [0.05, 0.1) is 20.0 Å². The Morgan fingerprint density at radius 3 is 2.85 bits per heavy atom. The fourth-order valence-electron chi connectivity index (χ4n) is 3.76. The zero-order valence-electron chi connectivity index (χ0n) is 30.5. The number of nitrogens with one attached hydrogen (secondary N) is 2. The summed E-state index contributed by atoms with van der Waals surface area (Å²) in [6, 6.07) is 4.40. The molecule has 3 aliphatic rings. The van der Waals surface area contributed by atoms with E-state index in [-0.39, 0.29) is 34.5 Å². The number of imide groups is 1. The van der Waals surface area contributed by atoms with Crippen LogP contribution in [0.4, 0.5) is 10.1 Å². The minimum atomic E-state index is -3.47. The van der Waals surface area contributed by atoms with Crippen LogP contribution in [0.5, 0.6) is 0 Å². The van der Waals surface area contributed by atoms with Crippen LogP contribution in [0.3, 0.4) is 0 Å². The molecule has 2 aromatic carbocycles. The molecule has 3 amide bonds. The molecule has 2 N–H and O–H groups in total. The molecule has 2 saturated heterocycles. The van der Waals surface area contributed by atoms with Gasteiger partial charge in [0.15, 0.2) is 0 Å². The molecule has 9 heteroatoms. The van der Waals surface area contributed by atoms with Crippen molar-refractivity contribution in [2.45, 2.75) is 38.4 Å². The highest BCUT2D eigenvalue weighted by molar-refractivity contribution is 6.06. The molecular weight excluding hydrogens is 439 g/mol. The first-order valence-electron chi connectivity index (χ1n) is 16.6. The first kappa shape index (κ1) is 11.9. The first-order chi connectivity index (χ1) is 21.3. The second-order valence-electron chi connectivity index (χ2n) is 7.50. The predicted octanol–water partition coefficient (Wildman–Crippen LogP) is 2.03. The van der Waals surface area contributed by atoms with Crippen LogP contribution < -0.4 is 10.6 Å². The van der Waals surface area contributed by atoms with E-state index < -0.39 is 81.5 Å². The van der Waals surface area contributed by atoms with Gasteiger partial charge in [-0.3, -0.25) is 24.6 Å². The van der Waals surface area contributed by atoms with Gasteiger partial charge in [-0.2, -0.15) is 0 Å². The zero-order chi connectivity index (χ0) is 35.3. The third kappa shape index (κ3) is 4.53. The molecular formula is C25H27FN4O4. The Kier molecular flexibility index (Phi) is 3.33. The summed E-state index contributed by atoms with van der Waals surface area (Å²) in [5.74, 6) is -4.89. The molecule has 0 aliphatic carbocycles. The molecule has 0 aromatic heterocycles. The summed E-state index contributed by atoms with van der Waals surface area (Å²) in [5.41, 5.74) is 0.283. The maximum Gasteiger partial charge on any atom is 0.255 e. The molecule has 34 heavy (non-hydrogen) atoms. The van der Waals surface area contributed by atoms with E-state index in [9.17, 15) is 18.8 Å². The topological polar surface area (TPSA) is 91.0 Å². The van der Waals surface area contributed by atoms with E-state index in [1.165, 1.54) is 30.3 Å². The van der Waals surface area contributed by atoms with Crippen LogP contribution in [-0.4, -0.2) is 59.7 Å². The second-order valence-corrected chi connectivity index (χ2v) is 7.50. The summed E-state index contributed by atoms with van der Waals surface area (Å²) < 4.78 is 125. The van der Waals surface area contributed by atoms with Crippen molar-refractivity contribution < 1.29 is 41.3 Å². The average Bonchev–Trinajstić information content (AvgIpc) is 3.30. The van der Waals surface area contributed by atoms with Crippen molar-refractivity contribution in [3.63, 3.8) is 0 Å². The van der Waals surface area contributed by atoms with Gasteiger partial charge in [0.25, 0.3) is 5.91 Å². The van der Waals surface area contributed by atoms with Gasteiger partial charge in [-0.15, -0.1) is 0 Å². The predicted molar refractivity (Wildman–Crippen MR) is 122 cm³/mol. The van der Waals surface area contributed by atoms with Crippen LogP contribution in [0, 0.1) is 5.82 Å². The maximum atomic E-state index is 14.9. The van der Waals surface area contributed by atoms with Crippen LogP contribution >= 0.6 is 0 Å². The normalized spacial score (nSPS) is 37.6. The van der Waals surface area contributed by atoms with Gasteiger partial charge in [-0.05, 0) is 36.2 Å². The van der Waals surface area contributed by atoms with Crippen molar-refractivity contribution in [2.24, 2.45) is 0 Å². The molecule has 0 bridgehead atoms. The van der Waals surface area contributed by atoms with Crippen LogP contribution in [0.1, 0.15) is 57.6 Å². The monoisotopic (exact) mass is 479 g/mol. The number of benzene rings is 2. The standard InChI is InChI=1S/C25H27FN4O4/c26-20-5-4-16(14-29-8-10-34-11-9-29)12-17(20)13-27-21-3-1-2-18-19(21)15-30(25(18)33)22-6-7-23(31)28-24(22)32/h1-5,12,22,27H,6-11,13-15H2,(H,28,31,32)/i6D2,7D2,8D2,9D2,10D2,11D2,22D. The van der Waals surface area contributed by atoms with E-state index in [2.05, 4.69) is 10.1 Å². The highest BCUT2D eigenvalue weighted by Gasteiger charge is 2.39. The maximum absolute atomic E-state index is 14.9. The highest BCUT2D eigenvalue weighted by Crippen LogP contribution is 2.32. The lowest BCUT2D eigenvalue weighted by Crippen LogP contribution is -2.52. The molecule has 2 aromatic rings. The number of carbonyl (C=O) groups excluding carboxylic acids is 3. The summed E-state index contributed by atoms with van der Waals surface area (Å²) in [4.78, 5) is 39.0. The molecule has 1 atom stereocenters. The summed E-state index contributed by atoms with van der Waals surface area (Å²) in [6.07, 6.45) is -6.83. The van der Waals surface area contributed by atoms with Gasteiger partial charge in [0, 0.05) is 72.3 Å². The van der Waals surface area contributed by atoms with Gasteiger partial charge < -0.3 is 15.0 Å². The minimum absolute atomic E-state index is 0.0617. The number of ether oxygens (including phenoxy) is 1. The van der Waals surface area contributed by atoms with E-state index in [0.29, 0.717) is 9.80 Å². The zero-order valence-corrected chi connectivity index (χ0v) is 17.5. The Labute approximate surface area is 215 Å². The van der Waals surface area contributed by atoms with Crippen molar-refractivity contribution in [1.29, 1.82) is 0 Å². The number of nitrogens with zero attached hydrogens (tertiary/aromatic N) is 2. The summed E-state index contributed by atoms with van der Waals surface area (Å²) in [5, 5.41) is 4.53. The molecule has 3 aliphatic heterocycles. The van der Waals surface area contributed by atoms with Crippen molar-refractivity contribution in [2.75, 3.05) is 31.4 Å². The Hall–Kier alpha value is -3.30. The smallest absolute Gasteiger partial charge is 0.255 e. The Bertz CT molecular complexity index is 1670. The SMILES string of the molecule is [2H]C1([2H])OC([2H])([2H])C([2H])([2H])N(Cc2ccc(F)c(CNc3cccc4c3CN(C3([2H])C(=O)NC(=O)C([2H])([2H])C3([2H])[2H])C4=O)c2)C1([2H])[2H]. The van der Waals surface area contributed by atoms with Gasteiger partial charge in [0.2, 0.25) is 11.8 Å². The lowest BCUT2D eigenvalue weighted by atomic mass is 10.0. The van der Waals surface area contributed by atoms with E-state index in [4.69, 9.17) is 17.8 Å². The highest BCUT2D eigenvalue weighted by atomic mass is 19.1. The summed E-state index contributed by atoms with van der Waals surface area (Å²) in [7, 11) is 0. The quantitative estimate of drug-likeness (QED) is 0.617. The van der Waals surface area contributed by atoms with Gasteiger partial charge in [0.1, 0.15) is 11.8 Å². The Morgan fingerprint density at radius 1 is 1.21 bits per heavy atom. The molecule has 178 valence electrons. The number of fused-ring (bicyclic) bond motifs is 1. The number of piperidine rings is 1. The molecule has 3 heterocycles. The van der Waals surface area contributed by atoms with Crippen LogP contribution in [0.25, 0.3) is 0 Å². The van der Waals surface area contributed by atoms with Crippen LogP contribution in [0.15, 0.2) is 36.4 Å². The Balaban J connectivity index is 1.41. The minimum Gasteiger partial charge on any atom is -0.381 e. The van der Waals surface area contributed by atoms with E-state index in [1.54, 1.807) is 5.32 Å². The van der Waals surface area contributed by atoms with E-state index in [0.717, 1.165) is 6.07 Å². The van der Waals surface area contributed by atoms with Crippen molar-refractivity contribution in [3.8, 4) is 0 Å². The molecule has 2 fully saturated rings. The van der Waals surface area contributed by atoms with E-state index >= 15 is 0 Å². The summed E-state index contributed by atoms with van der Waals surface area (Å²) >= 11 is 0. The number of amides is 3. The summed E-state index contributed by atoms with van der Waals surface area (Å²) in [6.45, 7) is -14.4. The molecule has 0 saturated carbocycles. The number of halogens is 1. The number of morpholine rings is 1. The Morgan fingerprint density at radius 2 is 2.03 bits per heavy atom. The van der Waals surface area contributed by atoms with Gasteiger partial charge >= 0.3 is 0 Å². The number of anilines is 1. The third-order valence-corrected chi connectivity index (χ3v) is 5.36. The molecule has 0 radical (unpaired) electrons. The van der Waals surface area contributed by atoms with Crippen LogP contribution in [0.2, 0.25) is 0 Å². The fraction of sp³-hybridized carbons (Fsp3) is 0.400. The number of hydrogen-bond acceptors (Lipinski definition) is 6.